The molecule has 0 radical (unpaired) electrons. The Bertz CT molecular complexity index is 388. The Balaban J connectivity index is 2.61. The Morgan fingerprint density at radius 3 is 2.56 bits per heavy atom. The van der Waals surface area contributed by atoms with Crippen LogP contribution in [-0.2, 0) is 4.74 Å². The van der Waals surface area contributed by atoms with Gasteiger partial charge in [-0.3, -0.25) is 5.32 Å². The molecule has 5 nitrogen and oxygen atoms in total. The van der Waals surface area contributed by atoms with Crippen molar-refractivity contribution in [1.82, 2.24) is 5.32 Å². The Morgan fingerprint density at radius 1 is 1.28 bits per heavy atom. The van der Waals surface area contributed by atoms with Gasteiger partial charge >= 0.3 is 6.09 Å². The van der Waals surface area contributed by atoms with E-state index in [1.165, 1.54) is 0 Å². The van der Waals surface area contributed by atoms with Crippen LogP contribution in [0, 0.1) is 0 Å². The van der Waals surface area contributed by atoms with Crippen molar-refractivity contribution in [3.05, 3.63) is 24.3 Å². The molecule has 1 amide bonds. The highest BCUT2D eigenvalue weighted by atomic mass is 32.1. The van der Waals surface area contributed by atoms with E-state index in [2.05, 4.69) is 16.0 Å². The first kappa shape index (κ1) is 14.2. The van der Waals surface area contributed by atoms with Crippen molar-refractivity contribution in [2.45, 2.75) is 13.8 Å². The van der Waals surface area contributed by atoms with Gasteiger partial charge in [-0.1, -0.05) is 6.07 Å². The second kappa shape index (κ2) is 7.50. The Kier molecular flexibility index (Phi) is 5.93. The summed E-state index contributed by atoms with van der Waals surface area (Å²) in [6, 6.07) is 7.23. The second-order valence-corrected chi connectivity index (χ2v) is 3.82. The number of carbonyl (C=O) groups excluding carboxylic acids is 1. The van der Waals surface area contributed by atoms with Gasteiger partial charge in [0.25, 0.3) is 0 Å². The molecule has 0 spiro atoms. The molecule has 1 aromatic rings. The topological polar surface area (TPSA) is 62.4 Å². The summed E-state index contributed by atoms with van der Waals surface area (Å²) in [7, 11) is 0. The summed E-state index contributed by atoms with van der Waals surface area (Å²) < 4.78 is 4.80. The number of hydrogen-bond acceptors (Lipinski definition) is 3. The molecule has 0 heterocycles. The van der Waals surface area contributed by atoms with Crippen molar-refractivity contribution in [2.24, 2.45) is 0 Å². The van der Waals surface area contributed by atoms with E-state index < -0.39 is 6.09 Å². The number of benzene rings is 1. The number of ether oxygens (including phenoxy) is 1. The summed E-state index contributed by atoms with van der Waals surface area (Å²) in [6.45, 7) is 4.82. The lowest BCUT2D eigenvalue weighted by Gasteiger charge is -2.10. The average Bonchev–Trinajstić information content (AvgIpc) is 2.29. The van der Waals surface area contributed by atoms with Crippen LogP contribution < -0.4 is 16.0 Å². The number of anilines is 2. The van der Waals surface area contributed by atoms with E-state index in [-0.39, 0.29) is 0 Å². The maximum atomic E-state index is 11.3. The molecule has 6 heteroatoms. The smallest absolute Gasteiger partial charge is 0.411 e. The zero-order valence-corrected chi connectivity index (χ0v) is 11.3. The van der Waals surface area contributed by atoms with Gasteiger partial charge in [-0.25, -0.2) is 4.79 Å². The molecule has 0 atom stereocenters. The van der Waals surface area contributed by atoms with E-state index >= 15 is 0 Å². The molecule has 1 rings (SSSR count). The van der Waals surface area contributed by atoms with Crippen molar-refractivity contribution in [1.29, 1.82) is 0 Å². The van der Waals surface area contributed by atoms with Gasteiger partial charge in [0.15, 0.2) is 5.11 Å². The second-order valence-electron chi connectivity index (χ2n) is 3.41. The quantitative estimate of drug-likeness (QED) is 0.732. The van der Waals surface area contributed by atoms with Crippen molar-refractivity contribution in [3.8, 4) is 0 Å². The first-order chi connectivity index (χ1) is 8.65. The van der Waals surface area contributed by atoms with Gasteiger partial charge in [-0.15, -0.1) is 0 Å². The van der Waals surface area contributed by atoms with Gasteiger partial charge in [0.2, 0.25) is 0 Å². The molecule has 0 fully saturated rings. The van der Waals surface area contributed by atoms with E-state index in [1.54, 1.807) is 19.1 Å². The standard InChI is InChI=1S/C12H17N3O2S/c1-3-13-11(18)14-9-6-5-7-10(8-9)15-12(16)17-4-2/h5-8H,3-4H2,1-2H3,(H,15,16)(H2,13,14,18). The number of carbonyl (C=O) groups is 1. The van der Waals surface area contributed by atoms with Crippen LogP contribution in [0.2, 0.25) is 0 Å². The molecule has 0 unspecified atom stereocenters. The van der Waals surface area contributed by atoms with Gasteiger partial charge in [0, 0.05) is 17.9 Å². The maximum absolute atomic E-state index is 11.3. The zero-order chi connectivity index (χ0) is 13.4. The molecule has 0 saturated heterocycles. The summed E-state index contributed by atoms with van der Waals surface area (Å²) in [5, 5.41) is 9.17. The van der Waals surface area contributed by atoms with Crippen LogP contribution in [0.3, 0.4) is 0 Å². The lowest BCUT2D eigenvalue weighted by atomic mass is 10.3. The fourth-order valence-corrected chi connectivity index (χ4v) is 1.56. The van der Waals surface area contributed by atoms with Crippen LogP contribution in [0.4, 0.5) is 16.2 Å². The number of nitrogens with one attached hydrogen (secondary N) is 3. The van der Waals surface area contributed by atoms with E-state index in [4.69, 9.17) is 17.0 Å². The third-order valence-electron chi connectivity index (χ3n) is 1.98. The SMILES string of the molecule is CCNC(=S)Nc1cccc(NC(=O)OCC)c1. The van der Waals surface area contributed by atoms with Crippen LogP contribution >= 0.6 is 12.2 Å². The van der Waals surface area contributed by atoms with Crippen LogP contribution in [-0.4, -0.2) is 24.4 Å². The fraction of sp³-hybridized carbons (Fsp3) is 0.333. The number of rotatable bonds is 4. The normalized spacial score (nSPS) is 9.44. The highest BCUT2D eigenvalue weighted by Gasteiger charge is 2.03. The molecule has 0 saturated carbocycles. The molecular formula is C12H17N3O2S. The molecule has 3 N–H and O–H groups in total. The lowest BCUT2D eigenvalue weighted by molar-refractivity contribution is 0.168. The van der Waals surface area contributed by atoms with Crippen molar-refractivity contribution >= 4 is 34.8 Å². The number of amides is 1. The van der Waals surface area contributed by atoms with Crippen molar-refractivity contribution in [2.75, 3.05) is 23.8 Å². The maximum Gasteiger partial charge on any atom is 0.411 e. The van der Waals surface area contributed by atoms with Gasteiger partial charge in [-0.05, 0) is 44.3 Å². The highest BCUT2D eigenvalue weighted by molar-refractivity contribution is 7.80. The highest BCUT2D eigenvalue weighted by Crippen LogP contribution is 2.15. The molecule has 98 valence electrons. The summed E-state index contributed by atoms with van der Waals surface area (Å²) in [4.78, 5) is 11.3. The predicted molar refractivity (Wildman–Crippen MR) is 77.0 cm³/mol. The molecule has 0 bridgehead atoms. The molecule has 0 aliphatic heterocycles. The average molecular weight is 267 g/mol. The fourth-order valence-electron chi connectivity index (χ4n) is 1.30. The predicted octanol–water partition coefficient (Wildman–Crippen LogP) is 2.56. The Hall–Kier alpha value is -1.82. The Morgan fingerprint density at radius 2 is 1.94 bits per heavy atom. The zero-order valence-electron chi connectivity index (χ0n) is 10.4. The lowest BCUT2D eigenvalue weighted by Crippen LogP contribution is -2.27. The molecular weight excluding hydrogens is 250 g/mol. The first-order valence-corrected chi connectivity index (χ1v) is 6.15. The number of thiocarbonyl (C=S) groups is 1. The summed E-state index contributed by atoms with van der Waals surface area (Å²) in [6.07, 6.45) is -0.469. The van der Waals surface area contributed by atoms with Crippen molar-refractivity contribution < 1.29 is 9.53 Å². The molecule has 18 heavy (non-hydrogen) atoms. The van der Waals surface area contributed by atoms with Gasteiger partial charge in [-0.2, -0.15) is 0 Å². The summed E-state index contributed by atoms with van der Waals surface area (Å²) in [5.74, 6) is 0. The van der Waals surface area contributed by atoms with Crippen LogP contribution in [0.25, 0.3) is 0 Å². The van der Waals surface area contributed by atoms with Gasteiger partial charge < -0.3 is 15.4 Å². The third kappa shape index (κ3) is 5.01. The van der Waals surface area contributed by atoms with Crippen LogP contribution in [0.15, 0.2) is 24.3 Å². The monoisotopic (exact) mass is 267 g/mol. The van der Waals surface area contributed by atoms with Gasteiger partial charge in [0.05, 0.1) is 6.61 Å². The van der Waals surface area contributed by atoms with Crippen molar-refractivity contribution in [3.63, 3.8) is 0 Å². The minimum absolute atomic E-state index is 0.342. The third-order valence-corrected chi connectivity index (χ3v) is 2.23. The summed E-state index contributed by atoms with van der Waals surface area (Å²) in [5.41, 5.74) is 1.45. The van der Waals surface area contributed by atoms with E-state index in [0.717, 1.165) is 12.2 Å². The Labute approximate surface area is 112 Å². The van der Waals surface area contributed by atoms with Gasteiger partial charge in [0.1, 0.15) is 0 Å². The molecule has 0 aromatic heterocycles. The van der Waals surface area contributed by atoms with Crippen LogP contribution in [0.5, 0.6) is 0 Å². The van der Waals surface area contributed by atoms with E-state index in [9.17, 15) is 4.79 Å². The van der Waals surface area contributed by atoms with Crippen LogP contribution in [0.1, 0.15) is 13.8 Å². The molecule has 0 aliphatic rings. The molecule has 0 aliphatic carbocycles. The first-order valence-electron chi connectivity index (χ1n) is 5.74. The number of hydrogen-bond donors (Lipinski definition) is 3. The minimum atomic E-state index is -0.469. The van der Waals surface area contributed by atoms with E-state index in [1.807, 2.05) is 19.1 Å². The minimum Gasteiger partial charge on any atom is -0.450 e. The largest absolute Gasteiger partial charge is 0.450 e. The van der Waals surface area contributed by atoms with E-state index in [0.29, 0.717) is 17.4 Å². The molecule has 1 aromatic carbocycles. The summed E-state index contributed by atoms with van der Waals surface area (Å²) >= 11 is 5.07.